The number of alkyl halides is 3. The van der Waals surface area contributed by atoms with Gasteiger partial charge >= 0.3 is 6.18 Å². The number of benzene rings is 1. The Labute approximate surface area is 178 Å². The van der Waals surface area contributed by atoms with Crippen LogP contribution in [0.25, 0.3) is 11.1 Å². The summed E-state index contributed by atoms with van der Waals surface area (Å²) in [6, 6.07) is 10.6. The highest BCUT2D eigenvalue weighted by atomic mass is 19.4. The molecule has 9 heteroatoms. The number of rotatable bonds is 4. The molecule has 1 N–H and O–H groups in total. The highest BCUT2D eigenvalue weighted by molar-refractivity contribution is 5.72. The molecule has 3 heterocycles. The second-order valence-corrected chi connectivity index (χ2v) is 7.67. The van der Waals surface area contributed by atoms with Crippen LogP contribution in [0.15, 0.2) is 48.8 Å². The standard InChI is InChI=1S/C22H23F3N6/c1-15-11-17(16-3-5-26-20(14-16)31-9-7-30(2)8-10-31)13-18(12-15)28-21-27-6-4-19(29-21)22(23,24)25/h3-6,11-14H,7-10H2,1-2H3,(H,27,28,29). The average Bonchev–Trinajstić information content (AvgIpc) is 2.73. The lowest BCUT2D eigenvalue weighted by Gasteiger charge is -2.33. The normalized spacial score (nSPS) is 15.2. The van der Waals surface area contributed by atoms with Crippen LogP contribution in [-0.4, -0.2) is 53.1 Å². The number of nitrogens with zero attached hydrogens (tertiary/aromatic N) is 5. The van der Waals surface area contributed by atoms with Gasteiger partial charge in [0.05, 0.1) is 0 Å². The number of pyridine rings is 1. The molecule has 3 aromatic rings. The summed E-state index contributed by atoms with van der Waals surface area (Å²) in [6.07, 6.45) is -1.64. The molecule has 4 rings (SSSR count). The van der Waals surface area contributed by atoms with Gasteiger partial charge in [0.15, 0.2) is 0 Å². The van der Waals surface area contributed by atoms with E-state index in [4.69, 9.17) is 0 Å². The summed E-state index contributed by atoms with van der Waals surface area (Å²) in [4.78, 5) is 16.6. The van der Waals surface area contributed by atoms with E-state index in [1.807, 2.05) is 37.3 Å². The van der Waals surface area contributed by atoms with Gasteiger partial charge in [-0.15, -0.1) is 0 Å². The Morgan fingerprint density at radius 2 is 1.65 bits per heavy atom. The molecule has 1 saturated heterocycles. The summed E-state index contributed by atoms with van der Waals surface area (Å²) in [5.41, 5.74) is 2.52. The molecule has 31 heavy (non-hydrogen) atoms. The Bertz CT molecular complexity index is 1060. The van der Waals surface area contributed by atoms with Crippen LogP contribution < -0.4 is 10.2 Å². The fourth-order valence-corrected chi connectivity index (χ4v) is 3.53. The fraction of sp³-hybridized carbons (Fsp3) is 0.318. The van der Waals surface area contributed by atoms with Crippen molar-refractivity contribution in [3.8, 4) is 11.1 Å². The van der Waals surface area contributed by atoms with Gasteiger partial charge in [-0.3, -0.25) is 0 Å². The van der Waals surface area contributed by atoms with Crippen molar-refractivity contribution in [2.75, 3.05) is 43.4 Å². The molecule has 1 fully saturated rings. The Balaban J connectivity index is 1.59. The lowest BCUT2D eigenvalue weighted by atomic mass is 10.0. The smallest absolute Gasteiger partial charge is 0.354 e. The molecule has 1 aliphatic heterocycles. The molecule has 0 saturated carbocycles. The van der Waals surface area contributed by atoms with Crippen LogP contribution in [0.5, 0.6) is 0 Å². The van der Waals surface area contributed by atoms with Crippen molar-refractivity contribution in [1.82, 2.24) is 19.9 Å². The summed E-state index contributed by atoms with van der Waals surface area (Å²) in [6.45, 7) is 5.74. The third-order valence-electron chi connectivity index (χ3n) is 5.19. The maximum Gasteiger partial charge on any atom is 0.433 e. The van der Waals surface area contributed by atoms with Crippen LogP contribution in [0.4, 0.5) is 30.6 Å². The molecule has 1 aliphatic rings. The van der Waals surface area contributed by atoms with Crippen molar-refractivity contribution in [3.05, 3.63) is 60.0 Å². The molecule has 0 unspecified atom stereocenters. The van der Waals surface area contributed by atoms with Crippen molar-refractivity contribution < 1.29 is 13.2 Å². The van der Waals surface area contributed by atoms with Crippen molar-refractivity contribution >= 4 is 17.5 Å². The third-order valence-corrected chi connectivity index (χ3v) is 5.19. The van der Waals surface area contributed by atoms with E-state index in [0.717, 1.165) is 61.0 Å². The minimum Gasteiger partial charge on any atom is -0.354 e. The molecule has 162 valence electrons. The molecule has 2 aromatic heterocycles. The van der Waals surface area contributed by atoms with Crippen LogP contribution in [0.2, 0.25) is 0 Å². The first-order valence-electron chi connectivity index (χ1n) is 9.97. The van der Waals surface area contributed by atoms with Gasteiger partial charge in [0.2, 0.25) is 5.95 Å². The zero-order valence-electron chi connectivity index (χ0n) is 17.3. The minimum absolute atomic E-state index is 0.0979. The molecule has 0 atom stereocenters. The zero-order valence-corrected chi connectivity index (χ0v) is 17.3. The van der Waals surface area contributed by atoms with Gasteiger partial charge in [0.1, 0.15) is 11.5 Å². The first-order chi connectivity index (χ1) is 14.8. The van der Waals surface area contributed by atoms with Gasteiger partial charge in [-0.1, -0.05) is 6.07 Å². The second-order valence-electron chi connectivity index (χ2n) is 7.67. The lowest BCUT2D eigenvalue weighted by molar-refractivity contribution is -0.141. The largest absolute Gasteiger partial charge is 0.433 e. The highest BCUT2D eigenvalue weighted by Gasteiger charge is 2.32. The minimum atomic E-state index is -4.52. The number of hydrogen-bond acceptors (Lipinski definition) is 6. The molecule has 6 nitrogen and oxygen atoms in total. The van der Waals surface area contributed by atoms with Gasteiger partial charge in [0.25, 0.3) is 0 Å². The van der Waals surface area contributed by atoms with E-state index in [1.165, 1.54) is 0 Å². The van der Waals surface area contributed by atoms with Crippen molar-refractivity contribution in [2.45, 2.75) is 13.1 Å². The monoisotopic (exact) mass is 428 g/mol. The number of piperazine rings is 1. The molecular formula is C22H23F3N6. The fourth-order valence-electron chi connectivity index (χ4n) is 3.53. The number of aromatic nitrogens is 3. The van der Waals surface area contributed by atoms with E-state index < -0.39 is 11.9 Å². The second kappa shape index (κ2) is 8.50. The van der Waals surface area contributed by atoms with E-state index in [-0.39, 0.29) is 5.95 Å². The number of likely N-dealkylation sites (N-methyl/N-ethyl adjacent to an activating group) is 1. The molecule has 0 aliphatic carbocycles. The van der Waals surface area contributed by atoms with E-state index in [9.17, 15) is 13.2 Å². The molecule has 0 amide bonds. The number of hydrogen-bond donors (Lipinski definition) is 1. The summed E-state index contributed by atoms with van der Waals surface area (Å²) in [5.74, 6) is 0.821. The van der Waals surface area contributed by atoms with Gasteiger partial charge < -0.3 is 15.1 Å². The van der Waals surface area contributed by atoms with Crippen molar-refractivity contribution in [3.63, 3.8) is 0 Å². The first-order valence-corrected chi connectivity index (χ1v) is 9.97. The maximum absolute atomic E-state index is 12.9. The average molecular weight is 428 g/mol. The molecular weight excluding hydrogens is 405 g/mol. The summed E-state index contributed by atoms with van der Waals surface area (Å²) in [5, 5.41) is 2.90. The van der Waals surface area contributed by atoms with Crippen molar-refractivity contribution in [2.24, 2.45) is 0 Å². The summed E-state index contributed by atoms with van der Waals surface area (Å²) >= 11 is 0. The first kappa shape index (κ1) is 21.0. The van der Waals surface area contributed by atoms with E-state index in [2.05, 4.69) is 37.1 Å². The number of aryl methyl sites for hydroxylation is 1. The van der Waals surface area contributed by atoms with Crippen molar-refractivity contribution in [1.29, 1.82) is 0 Å². The number of halogens is 3. The number of nitrogens with one attached hydrogen (secondary N) is 1. The Kier molecular flexibility index (Phi) is 5.77. The maximum atomic E-state index is 12.9. The van der Waals surface area contributed by atoms with Gasteiger partial charge in [-0.05, 0) is 61.0 Å². The molecule has 1 aromatic carbocycles. The predicted molar refractivity (Wildman–Crippen MR) is 114 cm³/mol. The van der Waals surface area contributed by atoms with Crippen LogP contribution in [0.1, 0.15) is 11.3 Å². The van der Waals surface area contributed by atoms with E-state index in [0.29, 0.717) is 5.69 Å². The lowest BCUT2D eigenvalue weighted by Crippen LogP contribution is -2.44. The topological polar surface area (TPSA) is 57.2 Å². The third kappa shape index (κ3) is 5.11. The van der Waals surface area contributed by atoms with Gasteiger partial charge in [-0.25, -0.2) is 15.0 Å². The van der Waals surface area contributed by atoms with Gasteiger partial charge in [-0.2, -0.15) is 13.2 Å². The number of anilines is 3. The highest BCUT2D eigenvalue weighted by Crippen LogP contribution is 2.30. The zero-order chi connectivity index (χ0) is 22.0. The van der Waals surface area contributed by atoms with E-state index >= 15 is 0 Å². The van der Waals surface area contributed by atoms with Crippen LogP contribution in [0, 0.1) is 6.92 Å². The van der Waals surface area contributed by atoms with E-state index in [1.54, 1.807) is 6.20 Å². The summed E-state index contributed by atoms with van der Waals surface area (Å²) in [7, 11) is 2.11. The van der Waals surface area contributed by atoms with Crippen LogP contribution in [-0.2, 0) is 6.18 Å². The van der Waals surface area contributed by atoms with Crippen LogP contribution >= 0.6 is 0 Å². The molecule has 0 radical (unpaired) electrons. The Hall–Kier alpha value is -3.20. The molecule has 0 spiro atoms. The predicted octanol–water partition coefficient (Wildman–Crippen LogP) is 4.36. The Morgan fingerprint density at radius 3 is 2.39 bits per heavy atom. The Morgan fingerprint density at radius 1 is 0.903 bits per heavy atom. The van der Waals surface area contributed by atoms with Gasteiger partial charge in [0, 0.05) is 44.3 Å². The van der Waals surface area contributed by atoms with Crippen LogP contribution in [0.3, 0.4) is 0 Å². The SMILES string of the molecule is Cc1cc(Nc2nccc(C(F)(F)F)n2)cc(-c2ccnc(N3CCN(C)CC3)c2)c1. The summed E-state index contributed by atoms with van der Waals surface area (Å²) < 4.78 is 38.8. The quantitative estimate of drug-likeness (QED) is 0.666. The molecule has 0 bridgehead atoms.